The minimum atomic E-state index is 0.122. The minimum Gasteiger partial charge on any atom is -0.394 e. The zero-order chi connectivity index (χ0) is 12.8. The number of allylic oxidation sites excluding steroid dienone is 2. The Morgan fingerprint density at radius 1 is 1.28 bits per heavy atom. The summed E-state index contributed by atoms with van der Waals surface area (Å²) < 4.78 is 6.08. The molecule has 0 aliphatic heterocycles. The van der Waals surface area contributed by atoms with Crippen molar-refractivity contribution in [3.8, 4) is 0 Å². The molecule has 4 aliphatic rings. The van der Waals surface area contributed by atoms with Crippen molar-refractivity contribution in [1.82, 2.24) is 0 Å². The van der Waals surface area contributed by atoms with Gasteiger partial charge in [0, 0.05) is 0 Å². The maximum atomic E-state index is 9.01. The molecule has 2 unspecified atom stereocenters. The van der Waals surface area contributed by atoms with Crippen LogP contribution >= 0.6 is 0 Å². The van der Waals surface area contributed by atoms with Crippen molar-refractivity contribution < 1.29 is 9.84 Å². The molecule has 1 N–H and O–H groups in total. The van der Waals surface area contributed by atoms with Crippen molar-refractivity contribution in [3.05, 3.63) is 11.1 Å². The number of ether oxygens (including phenoxy) is 1. The number of hydrogen-bond donors (Lipinski definition) is 1. The predicted octanol–water partition coefficient (Wildman–Crippen LogP) is 3.30. The molecule has 0 aromatic rings. The second-order valence-electron chi connectivity index (χ2n) is 6.69. The van der Waals surface area contributed by atoms with E-state index < -0.39 is 0 Å². The van der Waals surface area contributed by atoms with Gasteiger partial charge in [-0.1, -0.05) is 18.1 Å². The summed E-state index contributed by atoms with van der Waals surface area (Å²) in [7, 11) is 0. The molecular formula is C16H26O2. The molecule has 4 bridgehead atoms. The first-order chi connectivity index (χ1) is 8.67. The van der Waals surface area contributed by atoms with Gasteiger partial charge in [-0.05, 0) is 63.2 Å². The molecule has 4 fully saturated rings. The second kappa shape index (κ2) is 4.64. The standard InChI is InChI=1S/C16H26O2/c1-3-11(2)15-13-6-12-7-14(15)10-16(8-12,9-13)18-5-4-17/h12-14,17H,3-10H2,1-2H3. The first-order valence-corrected chi connectivity index (χ1v) is 7.62. The van der Waals surface area contributed by atoms with Crippen LogP contribution in [0.25, 0.3) is 0 Å². The lowest BCUT2D eigenvalue weighted by atomic mass is 9.51. The van der Waals surface area contributed by atoms with Crippen molar-refractivity contribution in [1.29, 1.82) is 0 Å². The van der Waals surface area contributed by atoms with Gasteiger partial charge < -0.3 is 9.84 Å². The Bertz CT molecular complexity index is 340. The third-order valence-electron chi connectivity index (χ3n) is 5.54. The average molecular weight is 250 g/mol. The molecule has 102 valence electrons. The number of rotatable bonds is 4. The van der Waals surface area contributed by atoms with Crippen LogP contribution in [0.1, 0.15) is 52.4 Å². The van der Waals surface area contributed by atoms with Gasteiger partial charge in [-0.2, -0.15) is 0 Å². The number of aliphatic hydroxyl groups is 1. The van der Waals surface area contributed by atoms with Crippen LogP contribution in [-0.2, 0) is 4.74 Å². The van der Waals surface area contributed by atoms with Gasteiger partial charge in [0.1, 0.15) is 0 Å². The second-order valence-corrected chi connectivity index (χ2v) is 6.69. The maximum absolute atomic E-state index is 9.01. The summed E-state index contributed by atoms with van der Waals surface area (Å²) in [6, 6.07) is 0. The number of aliphatic hydroxyl groups excluding tert-OH is 1. The van der Waals surface area contributed by atoms with Crippen LogP contribution in [0.4, 0.5) is 0 Å². The molecule has 4 aliphatic carbocycles. The van der Waals surface area contributed by atoms with Crippen molar-refractivity contribution in [2.24, 2.45) is 17.8 Å². The average Bonchev–Trinajstić information content (AvgIpc) is 2.35. The molecular weight excluding hydrogens is 224 g/mol. The Morgan fingerprint density at radius 2 is 1.94 bits per heavy atom. The molecule has 4 saturated carbocycles. The van der Waals surface area contributed by atoms with Gasteiger partial charge in [0.05, 0.1) is 18.8 Å². The molecule has 0 aromatic heterocycles. The van der Waals surface area contributed by atoms with Gasteiger partial charge >= 0.3 is 0 Å². The van der Waals surface area contributed by atoms with Crippen LogP contribution in [-0.4, -0.2) is 23.9 Å². The molecule has 4 rings (SSSR count). The zero-order valence-corrected chi connectivity index (χ0v) is 11.7. The Hall–Kier alpha value is -0.340. The highest BCUT2D eigenvalue weighted by Gasteiger charge is 2.54. The fourth-order valence-electron chi connectivity index (χ4n) is 5.06. The lowest BCUT2D eigenvalue weighted by Gasteiger charge is -2.58. The van der Waals surface area contributed by atoms with Crippen LogP contribution in [0, 0.1) is 17.8 Å². The normalized spacial score (nSPS) is 41.5. The fraction of sp³-hybridized carbons (Fsp3) is 0.875. The SMILES string of the molecule is CCC(C)=C1C2CC3CC1CC(OCCO)(C3)C2. The summed E-state index contributed by atoms with van der Waals surface area (Å²) in [6.07, 6.45) is 7.68. The Kier molecular flexibility index (Phi) is 3.27. The summed E-state index contributed by atoms with van der Waals surface area (Å²) >= 11 is 0. The molecule has 2 nitrogen and oxygen atoms in total. The summed E-state index contributed by atoms with van der Waals surface area (Å²) in [5.74, 6) is 2.46. The first-order valence-electron chi connectivity index (χ1n) is 7.62. The molecule has 2 heteroatoms. The van der Waals surface area contributed by atoms with Gasteiger partial charge in [0.2, 0.25) is 0 Å². The fourth-order valence-corrected chi connectivity index (χ4v) is 5.06. The van der Waals surface area contributed by atoms with E-state index in [1.807, 2.05) is 0 Å². The van der Waals surface area contributed by atoms with Crippen LogP contribution in [0.2, 0.25) is 0 Å². The molecule has 0 amide bonds. The van der Waals surface area contributed by atoms with Crippen molar-refractivity contribution in [3.63, 3.8) is 0 Å². The lowest BCUT2D eigenvalue weighted by Crippen LogP contribution is -2.53. The summed E-state index contributed by atoms with van der Waals surface area (Å²) in [5, 5.41) is 9.01. The molecule has 2 atom stereocenters. The van der Waals surface area contributed by atoms with Gasteiger partial charge in [-0.25, -0.2) is 0 Å². The summed E-state index contributed by atoms with van der Waals surface area (Å²) in [5.41, 5.74) is 3.55. The van der Waals surface area contributed by atoms with Crippen LogP contribution in [0.5, 0.6) is 0 Å². The third kappa shape index (κ3) is 1.94. The monoisotopic (exact) mass is 250 g/mol. The molecule has 0 spiro atoms. The highest BCUT2D eigenvalue weighted by molar-refractivity contribution is 5.27. The Balaban J connectivity index is 1.84. The van der Waals surface area contributed by atoms with Crippen LogP contribution in [0.3, 0.4) is 0 Å². The van der Waals surface area contributed by atoms with Gasteiger partial charge in [-0.15, -0.1) is 0 Å². The largest absolute Gasteiger partial charge is 0.394 e. The van der Waals surface area contributed by atoms with Gasteiger partial charge in [0.25, 0.3) is 0 Å². The maximum Gasteiger partial charge on any atom is 0.0705 e. The highest BCUT2D eigenvalue weighted by atomic mass is 16.5. The van der Waals surface area contributed by atoms with Crippen molar-refractivity contribution >= 4 is 0 Å². The van der Waals surface area contributed by atoms with Crippen LogP contribution < -0.4 is 0 Å². The Labute approximate surface area is 110 Å². The van der Waals surface area contributed by atoms with E-state index in [2.05, 4.69) is 13.8 Å². The molecule has 0 aromatic carbocycles. The minimum absolute atomic E-state index is 0.122. The Morgan fingerprint density at radius 3 is 2.50 bits per heavy atom. The van der Waals surface area contributed by atoms with E-state index in [4.69, 9.17) is 9.84 Å². The smallest absolute Gasteiger partial charge is 0.0705 e. The molecule has 0 saturated heterocycles. The van der Waals surface area contributed by atoms with Gasteiger partial charge in [-0.3, -0.25) is 0 Å². The molecule has 18 heavy (non-hydrogen) atoms. The predicted molar refractivity (Wildman–Crippen MR) is 72.3 cm³/mol. The van der Waals surface area contributed by atoms with E-state index >= 15 is 0 Å². The van der Waals surface area contributed by atoms with E-state index in [0.717, 1.165) is 17.8 Å². The summed E-state index contributed by atoms with van der Waals surface area (Å²) in [6.45, 7) is 5.31. The van der Waals surface area contributed by atoms with E-state index in [-0.39, 0.29) is 12.2 Å². The molecule has 0 heterocycles. The summed E-state index contributed by atoms with van der Waals surface area (Å²) in [4.78, 5) is 0. The van der Waals surface area contributed by atoms with E-state index in [9.17, 15) is 0 Å². The van der Waals surface area contributed by atoms with Crippen molar-refractivity contribution in [2.45, 2.75) is 58.0 Å². The zero-order valence-electron chi connectivity index (χ0n) is 11.7. The van der Waals surface area contributed by atoms with E-state index in [0.29, 0.717) is 6.61 Å². The van der Waals surface area contributed by atoms with Crippen molar-refractivity contribution in [2.75, 3.05) is 13.2 Å². The third-order valence-corrected chi connectivity index (χ3v) is 5.54. The quantitative estimate of drug-likeness (QED) is 0.776. The number of hydrogen-bond acceptors (Lipinski definition) is 2. The van der Waals surface area contributed by atoms with Gasteiger partial charge in [0.15, 0.2) is 0 Å². The van der Waals surface area contributed by atoms with Crippen LogP contribution in [0.15, 0.2) is 11.1 Å². The van der Waals surface area contributed by atoms with E-state index in [1.54, 1.807) is 11.1 Å². The van der Waals surface area contributed by atoms with E-state index in [1.165, 1.54) is 38.5 Å². The first kappa shape index (κ1) is 12.7. The highest BCUT2D eigenvalue weighted by Crippen LogP contribution is 2.60. The molecule has 0 radical (unpaired) electrons. The topological polar surface area (TPSA) is 29.5 Å². The lowest BCUT2D eigenvalue weighted by molar-refractivity contribution is -0.149.